The van der Waals surface area contributed by atoms with Crippen molar-refractivity contribution < 1.29 is 23.4 Å². The van der Waals surface area contributed by atoms with Gasteiger partial charge in [-0.2, -0.15) is 4.98 Å². The molecule has 0 aliphatic carbocycles. The van der Waals surface area contributed by atoms with Crippen LogP contribution in [0.25, 0.3) is 22.7 Å². The predicted octanol–water partition coefficient (Wildman–Crippen LogP) is 4.53. The number of nitrogens with zero attached hydrogens (tertiary/aromatic N) is 2. The number of aromatic nitrogens is 2. The summed E-state index contributed by atoms with van der Waals surface area (Å²) in [5, 5.41) is 3.12. The third-order valence-electron chi connectivity index (χ3n) is 4.54. The minimum absolute atomic E-state index is 0.130. The van der Waals surface area contributed by atoms with E-state index in [0.717, 1.165) is 0 Å². The van der Waals surface area contributed by atoms with Gasteiger partial charge in [-0.3, -0.25) is 4.79 Å². The number of ether oxygens (including phenoxy) is 3. The number of carbonyl (C=O) groups excluding carboxylic acids is 1. The van der Waals surface area contributed by atoms with Gasteiger partial charge in [0.2, 0.25) is 12.7 Å². The molecule has 1 N–H and O–H groups in total. The standard InChI is InChI=1S/C21H14ClN3O5/c1-27-18-13(22)7-12(21-25-19-16(30-21)3-2-6-23-19)8-14(18)24-20(26)11-4-5-15-17(9-11)29-10-28-15/h2-9H,10H2,1H3,(H,24,26). The van der Waals surface area contributed by atoms with Crippen molar-refractivity contribution in [3.05, 3.63) is 59.2 Å². The Labute approximate surface area is 175 Å². The maximum atomic E-state index is 12.8. The summed E-state index contributed by atoms with van der Waals surface area (Å²) < 4.78 is 21.8. The van der Waals surface area contributed by atoms with Crippen LogP contribution in [0.4, 0.5) is 5.69 Å². The smallest absolute Gasteiger partial charge is 0.255 e. The summed E-state index contributed by atoms with van der Waals surface area (Å²) in [7, 11) is 1.47. The number of benzene rings is 2. The molecule has 0 atom stereocenters. The molecule has 2 aromatic heterocycles. The van der Waals surface area contributed by atoms with Crippen molar-refractivity contribution >= 4 is 34.4 Å². The van der Waals surface area contributed by atoms with Crippen LogP contribution in [0.1, 0.15) is 10.4 Å². The molecular formula is C21H14ClN3O5. The molecule has 3 heterocycles. The lowest BCUT2D eigenvalue weighted by molar-refractivity contribution is 0.102. The van der Waals surface area contributed by atoms with E-state index in [9.17, 15) is 4.79 Å². The Bertz CT molecular complexity index is 1250. The summed E-state index contributed by atoms with van der Waals surface area (Å²) in [6.45, 7) is 0.130. The van der Waals surface area contributed by atoms with Crippen LogP contribution >= 0.6 is 11.6 Å². The highest BCUT2D eigenvalue weighted by Gasteiger charge is 2.20. The van der Waals surface area contributed by atoms with Crippen LogP contribution in [0.2, 0.25) is 5.02 Å². The summed E-state index contributed by atoms with van der Waals surface area (Å²) >= 11 is 6.39. The number of fused-ring (bicyclic) bond motifs is 2. The SMILES string of the molecule is COc1c(Cl)cc(-c2nc3ncccc3o2)cc1NC(=O)c1ccc2c(c1)OCO2. The second-order valence-corrected chi connectivity index (χ2v) is 6.81. The Morgan fingerprint density at radius 1 is 1.17 bits per heavy atom. The number of pyridine rings is 1. The van der Waals surface area contributed by atoms with Crippen molar-refractivity contribution in [1.29, 1.82) is 0 Å². The van der Waals surface area contributed by atoms with Gasteiger partial charge in [0, 0.05) is 17.3 Å². The molecule has 0 spiro atoms. The number of oxazole rings is 1. The molecule has 2 aromatic carbocycles. The Kier molecular flexibility index (Phi) is 4.40. The fourth-order valence-electron chi connectivity index (χ4n) is 3.14. The highest BCUT2D eigenvalue weighted by atomic mass is 35.5. The average Bonchev–Trinajstić information content (AvgIpc) is 3.39. The summed E-state index contributed by atoms with van der Waals surface area (Å²) in [6, 6.07) is 11.8. The molecule has 0 saturated carbocycles. The van der Waals surface area contributed by atoms with Crippen LogP contribution in [0, 0.1) is 0 Å². The number of halogens is 1. The first-order valence-electron chi connectivity index (χ1n) is 8.93. The first-order valence-corrected chi connectivity index (χ1v) is 9.30. The van der Waals surface area contributed by atoms with Crippen LogP contribution in [-0.4, -0.2) is 29.8 Å². The van der Waals surface area contributed by atoms with Crippen molar-refractivity contribution in [2.24, 2.45) is 0 Å². The maximum absolute atomic E-state index is 12.8. The molecule has 1 aliphatic rings. The van der Waals surface area contributed by atoms with Gasteiger partial charge in [0.05, 0.1) is 17.8 Å². The number of hydrogen-bond acceptors (Lipinski definition) is 7. The number of carbonyl (C=O) groups is 1. The van der Waals surface area contributed by atoms with Gasteiger partial charge in [-0.15, -0.1) is 0 Å². The fourth-order valence-corrected chi connectivity index (χ4v) is 3.44. The van der Waals surface area contributed by atoms with Gasteiger partial charge in [0.1, 0.15) is 0 Å². The Morgan fingerprint density at radius 2 is 2.03 bits per heavy atom. The quantitative estimate of drug-likeness (QED) is 0.515. The molecule has 4 aromatic rings. The lowest BCUT2D eigenvalue weighted by Gasteiger charge is -2.13. The van der Waals surface area contributed by atoms with E-state index in [2.05, 4.69) is 15.3 Å². The van der Waals surface area contributed by atoms with Crippen LogP contribution in [0.15, 0.2) is 53.1 Å². The molecule has 0 unspecified atom stereocenters. The van der Waals surface area contributed by atoms with Crippen molar-refractivity contribution in [2.45, 2.75) is 0 Å². The van der Waals surface area contributed by atoms with Crippen molar-refractivity contribution in [3.8, 4) is 28.7 Å². The maximum Gasteiger partial charge on any atom is 0.255 e. The number of nitrogens with one attached hydrogen (secondary N) is 1. The van der Waals surface area contributed by atoms with E-state index in [-0.39, 0.29) is 12.7 Å². The van der Waals surface area contributed by atoms with Gasteiger partial charge in [0.25, 0.3) is 5.91 Å². The second-order valence-electron chi connectivity index (χ2n) is 6.41. The third-order valence-corrected chi connectivity index (χ3v) is 4.82. The summed E-state index contributed by atoms with van der Waals surface area (Å²) in [5.74, 6) is 1.40. The summed E-state index contributed by atoms with van der Waals surface area (Å²) in [6.07, 6.45) is 1.63. The number of hydrogen-bond donors (Lipinski definition) is 1. The van der Waals surface area contributed by atoms with E-state index in [1.54, 1.807) is 48.7 Å². The highest BCUT2D eigenvalue weighted by Crippen LogP contribution is 2.39. The van der Waals surface area contributed by atoms with E-state index in [0.29, 0.717) is 56.2 Å². The lowest BCUT2D eigenvalue weighted by atomic mass is 10.1. The molecule has 30 heavy (non-hydrogen) atoms. The third kappa shape index (κ3) is 3.17. The topological polar surface area (TPSA) is 95.7 Å². The highest BCUT2D eigenvalue weighted by molar-refractivity contribution is 6.33. The minimum atomic E-state index is -0.362. The Hall–Kier alpha value is -3.78. The molecule has 1 aliphatic heterocycles. The van der Waals surface area contributed by atoms with Crippen molar-refractivity contribution in [1.82, 2.24) is 9.97 Å². The molecular weight excluding hydrogens is 410 g/mol. The lowest BCUT2D eigenvalue weighted by Crippen LogP contribution is -2.13. The van der Waals surface area contributed by atoms with Gasteiger partial charge in [0.15, 0.2) is 28.5 Å². The Balaban J connectivity index is 1.51. The molecule has 0 radical (unpaired) electrons. The Morgan fingerprint density at radius 3 is 2.87 bits per heavy atom. The number of amides is 1. The molecule has 1 amide bonds. The van der Waals surface area contributed by atoms with Gasteiger partial charge in [-0.25, -0.2) is 4.98 Å². The monoisotopic (exact) mass is 423 g/mol. The van der Waals surface area contributed by atoms with E-state index < -0.39 is 0 Å². The van der Waals surface area contributed by atoms with Gasteiger partial charge < -0.3 is 23.9 Å². The summed E-state index contributed by atoms with van der Waals surface area (Å²) in [4.78, 5) is 21.4. The van der Waals surface area contributed by atoms with Gasteiger partial charge in [-0.1, -0.05) is 11.6 Å². The molecule has 5 rings (SSSR count). The average molecular weight is 424 g/mol. The van der Waals surface area contributed by atoms with E-state index in [4.69, 9.17) is 30.2 Å². The zero-order valence-electron chi connectivity index (χ0n) is 15.6. The van der Waals surface area contributed by atoms with Crippen molar-refractivity contribution in [2.75, 3.05) is 19.2 Å². The number of anilines is 1. The molecule has 0 fully saturated rings. The normalized spacial score (nSPS) is 12.2. The largest absolute Gasteiger partial charge is 0.493 e. The van der Waals surface area contributed by atoms with Crippen molar-refractivity contribution in [3.63, 3.8) is 0 Å². The minimum Gasteiger partial charge on any atom is -0.493 e. The van der Waals surface area contributed by atoms with E-state index in [1.165, 1.54) is 7.11 Å². The predicted molar refractivity (Wildman–Crippen MR) is 109 cm³/mol. The molecule has 0 saturated heterocycles. The van der Waals surface area contributed by atoms with Crippen LogP contribution in [0.5, 0.6) is 17.2 Å². The molecule has 8 nitrogen and oxygen atoms in total. The van der Waals surface area contributed by atoms with E-state index in [1.807, 2.05) is 0 Å². The first kappa shape index (κ1) is 18.3. The zero-order valence-corrected chi connectivity index (χ0v) is 16.4. The second kappa shape index (κ2) is 7.23. The first-order chi connectivity index (χ1) is 14.6. The van der Waals surface area contributed by atoms with Gasteiger partial charge in [-0.05, 0) is 42.5 Å². The van der Waals surface area contributed by atoms with Gasteiger partial charge >= 0.3 is 0 Å². The van der Waals surface area contributed by atoms with Crippen LogP contribution in [-0.2, 0) is 0 Å². The zero-order chi connectivity index (χ0) is 20.7. The number of rotatable bonds is 4. The number of methoxy groups -OCH3 is 1. The van der Waals surface area contributed by atoms with E-state index >= 15 is 0 Å². The molecule has 0 bridgehead atoms. The summed E-state index contributed by atoms with van der Waals surface area (Å²) in [5.41, 5.74) is 2.36. The van der Waals surface area contributed by atoms with Crippen LogP contribution < -0.4 is 19.5 Å². The fraction of sp³-hybridized carbons (Fsp3) is 0.0952. The van der Waals surface area contributed by atoms with Crippen LogP contribution in [0.3, 0.4) is 0 Å². The molecule has 9 heteroatoms. The molecule has 150 valence electrons.